The lowest BCUT2D eigenvalue weighted by Gasteiger charge is -2.19. The smallest absolute Gasteiger partial charge is 0.238 e. The highest BCUT2D eigenvalue weighted by molar-refractivity contribution is 7.99. The van der Waals surface area contributed by atoms with Gasteiger partial charge in [0, 0.05) is 29.0 Å². The summed E-state index contributed by atoms with van der Waals surface area (Å²) in [5, 5.41) is 10.6. The Bertz CT molecular complexity index is 591. The van der Waals surface area contributed by atoms with E-state index in [-0.39, 0.29) is 5.92 Å². The third kappa shape index (κ3) is 2.19. The topological polar surface area (TPSA) is 55.2 Å². The number of aromatic nitrogens is 2. The molecule has 1 aromatic heterocycles. The molecule has 3 rings (SSSR count). The zero-order valence-electron chi connectivity index (χ0n) is 10.5. The van der Waals surface area contributed by atoms with Crippen molar-refractivity contribution in [3.63, 3.8) is 0 Å². The minimum absolute atomic E-state index is 0.0341. The molecule has 1 aliphatic rings. The van der Waals surface area contributed by atoms with Crippen LogP contribution in [0.15, 0.2) is 41.6 Å². The van der Waals surface area contributed by atoms with Crippen LogP contribution in [0.4, 0.5) is 0 Å². The maximum absolute atomic E-state index is 10.6. The first-order valence-corrected chi connectivity index (χ1v) is 7.04. The fourth-order valence-corrected chi connectivity index (χ4v) is 3.62. The fraction of sp³-hybridized carbons (Fsp3) is 0.286. The second-order valence-electron chi connectivity index (χ2n) is 4.35. The number of benzene rings is 1. The van der Waals surface area contributed by atoms with Crippen molar-refractivity contribution in [3.05, 3.63) is 47.9 Å². The molecule has 4 nitrogen and oxygen atoms in total. The molecule has 0 aliphatic carbocycles. The Balaban J connectivity index is 1.95. The van der Waals surface area contributed by atoms with Crippen LogP contribution in [-0.4, -0.2) is 27.9 Å². The Kier molecular flexibility index (Phi) is 3.40. The summed E-state index contributed by atoms with van der Waals surface area (Å²) in [7, 11) is 1.54. The lowest BCUT2D eigenvalue weighted by molar-refractivity contribution is 0.144. The average Bonchev–Trinajstić information content (AvgIpc) is 2.90. The number of hydrogen-bond donors (Lipinski definition) is 1. The van der Waals surface area contributed by atoms with Crippen molar-refractivity contribution in [3.8, 4) is 5.88 Å². The van der Waals surface area contributed by atoms with Crippen LogP contribution >= 0.6 is 11.8 Å². The molecular formula is C14H14N2O2S. The Morgan fingerprint density at radius 1 is 1.32 bits per heavy atom. The van der Waals surface area contributed by atoms with Gasteiger partial charge in [-0.3, -0.25) is 4.98 Å². The van der Waals surface area contributed by atoms with Crippen molar-refractivity contribution in [1.82, 2.24) is 9.97 Å². The number of rotatable bonds is 3. The zero-order chi connectivity index (χ0) is 13.2. The largest absolute Gasteiger partial charge is 0.480 e. The second-order valence-corrected chi connectivity index (χ2v) is 5.41. The lowest BCUT2D eigenvalue weighted by Crippen LogP contribution is -2.13. The van der Waals surface area contributed by atoms with E-state index in [0.29, 0.717) is 11.6 Å². The molecule has 19 heavy (non-hydrogen) atoms. The summed E-state index contributed by atoms with van der Waals surface area (Å²) in [4.78, 5) is 9.55. The fourth-order valence-electron chi connectivity index (χ4n) is 2.34. The van der Waals surface area contributed by atoms with Gasteiger partial charge in [-0.2, -0.15) is 0 Å². The van der Waals surface area contributed by atoms with E-state index in [1.165, 1.54) is 17.6 Å². The highest BCUT2D eigenvalue weighted by Gasteiger charge is 2.32. The maximum Gasteiger partial charge on any atom is 0.238 e. The first kappa shape index (κ1) is 12.4. The third-order valence-electron chi connectivity index (χ3n) is 3.28. The lowest BCUT2D eigenvalue weighted by atomic mass is 9.93. The van der Waals surface area contributed by atoms with Crippen LogP contribution in [0.25, 0.3) is 0 Å². The third-order valence-corrected chi connectivity index (χ3v) is 4.49. The van der Waals surface area contributed by atoms with Crippen LogP contribution in [0.2, 0.25) is 0 Å². The second kappa shape index (κ2) is 5.19. The van der Waals surface area contributed by atoms with E-state index in [9.17, 15) is 5.11 Å². The zero-order valence-corrected chi connectivity index (χ0v) is 11.3. The number of fused-ring (bicyclic) bond motifs is 1. The van der Waals surface area contributed by atoms with Gasteiger partial charge in [0.25, 0.3) is 0 Å². The summed E-state index contributed by atoms with van der Waals surface area (Å²) in [5.74, 6) is 1.27. The van der Waals surface area contributed by atoms with E-state index in [2.05, 4.69) is 22.1 Å². The van der Waals surface area contributed by atoms with Crippen LogP contribution in [0, 0.1) is 0 Å². The first-order chi connectivity index (χ1) is 9.31. The van der Waals surface area contributed by atoms with Gasteiger partial charge in [0.05, 0.1) is 7.11 Å². The predicted octanol–water partition coefficient (Wildman–Crippen LogP) is 2.41. The molecule has 2 aromatic rings. The molecule has 0 radical (unpaired) electrons. The number of aliphatic hydroxyl groups is 1. The number of thioether (sulfide) groups is 1. The molecule has 2 unspecified atom stereocenters. The van der Waals surface area contributed by atoms with Crippen molar-refractivity contribution in [1.29, 1.82) is 0 Å². The van der Waals surface area contributed by atoms with Crippen molar-refractivity contribution in [2.75, 3.05) is 12.9 Å². The Morgan fingerprint density at radius 2 is 2.11 bits per heavy atom. The van der Waals surface area contributed by atoms with E-state index in [4.69, 9.17) is 4.74 Å². The van der Waals surface area contributed by atoms with Gasteiger partial charge in [0.2, 0.25) is 5.88 Å². The van der Waals surface area contributed by atoms with Gasteiger partial charge >= 0.3 is 0 Å². The summed E-state index contributed by atoms with van der Waals surface area (Å²) >= 11 is 1.76. The molecule has 0 saturated carbocycles. The monoisotopic (exact) mass is 274 g/mol. The van der Waals surface area contributed by atoms with Gasteiger partial charge in [-0.05, 0) is 11.6 Å². The Hall–Kier alpha value is -1.59. The molecule has 0 amide bonds. The highest BCUT2D eigenvalue weighted by Crippen LogP contribution is 2.45. The van der Waals surface area contributed by atoms with Gasteiger partial charge in [0.1, 0.15) is 11.8 Å². The predicted molar refractivity (Wildman–Crippen MR) is 73.5 cm³/mol. The quantitative estimate of drug-likeness (QED) is 0.931. The molecule has 0 fully saturated rings. The molecule has 0 saturated heterocycles. The van der Waals surface area contributed by atoms with Gasteiger partial charge in [-0.15, -0.1) is 11.8 Å². The summed E-state index contributed by atoms with van der Waals surface area (Å²) < 4.78 is 5.17. The number of ether oxygens (including phenoxy) is 1. The van der Waals surface area contributed by atoms with Gasteiger partial charge in [0.15, 0.2) is 0 Å². The first-order valence-electron chi connectivity index (χ1n) is 6.06. The maximum atomic E-state index is 10.6. The molecule has 1 aliphatic heterocycles. The number of methoxy groups -OCH3 is 1. The van der Waals surface area contributed by atoms with Crippen molar-refractivity contribution in [2.24, 2.45) is 0 Å². The van der Waals surface area contributed by atoms with E-state index < -0.39 is 6.10 Å². The van der Waals surface area contributed by atoms with Crippen LogP contribution in [-0.2, 0) is 0 Å². The minimum Gasteiger partial charge on any atom is -0.480 e. The molecule has 2 atom stereocenters. The van der Waals surface area contributed by atoms with Crippen LogP contribution in [0.3, 0.4) is 0 Å². The summed E-state index contributed by atoms with van der Waals surface area (Å²) in [6.07, 6.45) is 2.45. The van der Waals surface area contributed by atoms with Crippen LogP contribution in [0.5, 0.6) is 5.88 Å². The van der Waals surface area contributed by atoms with E-state index in [1.807, 2.05) is 12.1 Å². The van der Waals surface area contributed by atoms with Crippen molar-refractivity contribution < 1.29 is 9.84 Å². The minimum atomic E-state index is -0.695. The number of aliphatic hydroxyl groups excluding tert-OH is 1. The molecule has 2 heterocycles. The summed E-state index contributed by atoms with van der Waals surface area (Å²) in [5.41, 5.74) is 1.68. The van der Waals surface area contributed by atoms with E-state index in [0.717, 1.165) is 5.75 Å². The summed E-state index contributed by atoms with van der Waals surface area (Å²) in [6.45, 7) is 0. The molecule has 0 bridgehead atoms. The van der Waals surface area contributed by atoms with Crippen LogP contribution < -0.4 is 4.74 Å². The molecular weight excluding hydrogens is 260 g/mol. The van der Waals surface area contributed by atoms with Gasteiger partial charge in [-0.25, -0.2) is 4.98 Å². The number of nitrogens with zero attached hydrogens (tertiary/aromatic N) is 2. The molecule has 98 valence electrons. The standard InChI is InChI=1S/C14H14N2O2S/c1-18-14-12(15-6-7-16-14)13(17)10-8-19-11-5-3-2-4-9(10)11/h2-7,10,13,17H,8H2,1H3. The normalized spacial score (nSPS) is 18.9. The van der Waals surface area contributed by atoms with Gasteiger partial charge < -0.3 is 9.84 Å². The average molecular weight is 274 g/mol. The van der Waals surface area contributed by atoms with Crippen molar-refractivity contribution >= 4 is 11.8 Å². The summed E-state index contributed by atoms with van der Waals surface area (Å²) in [6, 6.07) is 8.16. The van der Waals surface area contributed by atoms with Crippen LogP contribution in [0.1, 0.15) is 23.3 Å². The molecule has 5 heteroatoms. The van der Waals surface area contributed by atoms with Gasteiger partial charge in [-0.1, -0.05) is 18.2 Å². The van der Waals surface area contributed by atoms with E-state index >= 15 is 0 Å². The number of hydrogen-bond acceptors (Lipinski definition) is 5. The Labute approximate surface area is 115 Å². The van der Waals surface area contributed by atoms with Crippen molar-refractivity contribution in [2.45, 2.75) is 16.9 Å². The molecule has 0 spiro atoms. The molecule has 1 aromatic carbocycles. The highest BCUT2D eigenvalue weighted by atomic mass is 32.2. The Morgan fingerprint density at radius 3 is 2.95 bits per heavy atom. The molecule has 1 N–H and O–H groups in total. The van der Waals surface area contributed by atoms with E-state index in [1.54, 1.807) is 24.2 Å². The SMILES string of the molecule is COc1nccnc1C(O)C1CSc2ccccc21.